The first-order valence-corrected chi connectivity index (χ1v) is 21.7. The maximum absolute atomic E-state index is 13.8. The zero-order valence-corrected chi connectivity index (χ0v) is 36.6. The Hall–Kier alpha value is -4.65. The summed E-state index contributed by atoms with van der Waals surface area (Å²) in [5, 5.41) is 75.1. The minimum Gasteiger partial charge on any atom is -0.481 e. The van der Waals surface area contributed by atoms with E-state index < -0.39 is 139 Å². The molecule has 0 aromatic carbocycles. The zero-order chi connectivity index (χ0) is 46.9. The van der Waals surface area contributed by atoms with Gasteiger partial charge in [-0.05, 0) is 91.8 Å². The summed E-state index contributed by atoms with van der Waals surface area (Å²) in [5.74, 6) is -17.1. The molecule has 3 fully saturated rings. The number of aliphatic carboxylic acids is 3. The average Bonchev–Trinajstić information content (AvgIpc) is 3.50. The van der Waals surface area contributed by atoms with Crippen LogP contribution in [0.15, 0.2) is 34.9 Å². The third-order valence-corrected chi connectivity index (χ3v) is 14.5. The number of carbonyl (C=O) groups is 7. The number of carboxylic acids is 3. The third-order valence-electron chi connectivity index (χ3n) is 14.5. The molecule has 3 saturated carbocycles. The lowest BCUT2D eigenvalue weighted by Gasteiger charge is -2.46. The molecule has 2 aliphatic heterocycles. The van der Waals surface area contributed by atoms with Crippen molar-refractivity contribution < 1.29 is 88.3 Å². The Morgan fingerprint density at radius 1 is 0.714 bits per heavy atom. The molecule has 2 heterocycles. The molecule has 0 bridgehead atoms. The first-order chi connectivity index (χ1) is 29.4. The van der Waals surface area contributed by atoms with Crippen molar-refractivity contribution in [1.82, 2.24) is 0 Å². The van der Waals surface area contributed by atoms with Gasteiger partial charge >= 0.3 is 41.8 Å². The van der Waals surface area contributed by atoms with E-state index in [0.29, 0.717) is 12.8 Å². The predicted molar refractivity (Wildman–Crippen MR) is 217 cm³/mol. The van der Waals surface area contributed by atoms with Crippen LogP contribution in [0, 0.1) is 71.0 Å². The van der Waals surface area contributed by atoms with Gasteiger partial charge in [0.15, 0.2) is 5.60 Å². The van der Waals surface area contributed by atoms with E-state index in [9.17, 15) is 69.3 Å². The van der Waals surface area contributed by atoms with E-state index in [-0.39, 0.29) is 66.4 Å². The number of esters is 4. The number of aliphatic hydroxyl groups is 4. The van der Waals surface area contributed by atoms with Crippen LogP contribution in [0.2, 0.25) is 0 Å². The Kier molecular flexibility index (Phi) is 15.1. The maximum atomic E-state index is 13.8. The Morgan fingerprint density at radius 3 is 1.62 bits per heavy atom. The van der Waals surface area contributed by atoms with Crippen molar-refractivity contribution in [3.63, 3.8) is 0 Å². The molecule has 0 radical (unpaired) electrons. The van der Waals surface area contributed by atoms with Crippen molar-refractivity contribution in [3.8, 4) is 0 Å². The summed E-state index contributed by atoms with van der Waals surface area (Å²) in [6.45, 7) is 7.70. The molecule has 63 heavy (non-hydrogen) atoms. The number of aliphatic hydroxyl groups excluding tert-OH is 1. The molecule has 5 rings (SSSR count). The number of ether oxygens (including phenoxy) is 4. The molecule has 0 aromatic heterocycles. The second-order valence-electron chi connectivity index (χ2n) is 19.2. The maximum Gasteiger partial charge on any atom is 0.337 e. The Labute approximate surface area is 365 Å². The van der Waals surface area contributed by atoms with E-state index in [1.54, 1.807) is 13.8 Å². The van der Waals surface area contributed by atoms with Gasteiger partial charge in [-0.1, -0.05) is 59.8 Å². The quantitative estimate of drug-likeness (QED) is 0.0748. The highest BCUT2D eigenvalue weighted by Gasteiger charge is 2.58. The van der Waals surface area contributed by atoms with Crippen LogP contribution in [-0.4, -0.2) is 127 Å². The zero-order valence-electron chi connectivity index (χ0n) is 36.6. The van der Waals surface area contributed by atoms with E-state index in [4.69, 9.17) is 18.9 Å². The molecular weight excluding hydrogens is 828 g/mol. The fourth-order valence-electron chi connectivity index (χ4n) is 11.0. The van der Waals surface area contributed by atoms with Crippen LogP contribution in [0.5, 0.6) is 0 Å². The standard InChI is InChI=1S/C45H62O18/c1-21(2)27-7-10-44(58,34-31(27)14-25(36(47)48)17-60-40(34)53)20-63-39(52)26-15-32-28(22(3)4)8-11-43(57,35(32)41(54)61-18-26)19-62-38(51)24(16-46)13-30-29(23(5)6)9-12-45(59,42(55)56)33(30)37(49)50/h13-15,21-23,27-35,46,57-59H,7-12,16-20H2,1-6H3,(H,47,48)(H,49,50)(H,55,56)/b24-13+. The van der Waals surface area contributed by atoms with Gasteiger partial charge in [0.25, 0.3) is 0 Å². The molecule has 18 heteroatoms. The van der Waals surface area contributed by atoms with Crippen LogP contribution in [0.1, 0.15) is 80.1 Å². The number of cyclic esters (lactones) is 2. The van der Waals surface area contributed by atoms with Gasteiger partial charge in [0.2, 0.25) is 0 Å². The van der Waals surface area contributed by atoms with Gasteiger partial charge in [0.1, 0.15) is 43.5 Å². The molecule has 5 aliphatic rings. The number of fused-ring (bicyclic) bond motifs is 2. The first kappa shape index (κ1) is 49.4. The normalized spacial score (nSPS) is 36.1. The highest BCUT2D eigenvalue weighted by Crippen LogP contribution is 2.50. The third kappa shape index (κ3) is 9.88. The smallest absolute Gasteiger partial charge is 0.337 e. The fraction of sp³-hybridized carbons (Fsp3) is 0.711. The fourth-order valence-corrected chi connectivity index (χ4v) is 11.0. The van der Waals surface area contributed by atoms with Crippen molar-refractivity contribution in [2.45, 2.75) is 96.9 Å². The topological polar surface area (TPSA) is 298 Å². The van der Waals surface area contributed by atoms with Gasteiger partial charge in [-0.3, -0.25) is 14.4 Å². The van der Waals surface area contributed by atoms with Gasteiger partial charge in [0.05, 0.1) is 35.2 Å². The molecule has 12 unspecified atom stereocenters. The molecule has 3 aliphatic carbocycles. The molecule has 12 atom stereocenters. The summed E-state index contributed by atoms with van der Waals surface area (Å²) < 4.78 is 22.0. The van der Waals surface area contributed by atoms with Crippen molar-refractivity contribution in [1.29, 1.82) is 0 Å². The lowest BCUT2D eigenvalue weighted by Crippen LogP contribution is -2.57. The van der Waals surface area contributed by atoms with Gasteiger partial charge in [-0.25, -0.2) is 19.2 Å². The van der Waals surface area contributed by atoms with Crippen LogP contribution < -0.4 is 0 Å². The van der Waals surface area contributed by atoms with Gasteiger partial charge in [-0.15, -0.1) is 0 Å². The van der Waals surface area contributed by atoms with E-state index >= 15 is 0 Å². The highest BCUT2D eigenvalue weighted by molar-refractivity contribution is 5.92. The van der Waals surface area contributed by atoms with E-state index in [1.807, 2.05) is 27.7 Å². The summed E-state index contributed by atoms with van der Waals surface area (Å²) in [6, 6.07) is 0. The van der Waals surface area contributed by atoms with Gasteiger partial charge in [0, 0.05) is 0 Å². The summed E-state index contributed by atoms with van der Waals surface area (Å²) in [7, 11) is 0. The lowest BCUT2D eigenvalue weighted by molar-refractivity contribution is -0.186. The monoisotopic (exact) mass is 890 g/mol. The van der Waals surface area contributed by atoms with Crippen molar-refractivity contribution >= 4 is 41.8 Å². The molecular formula is C45H62O18. The number of hydrogen-bond acceptors (Lipinski definition) is 15. The molecule has 7 N–H and O–H groups in total. The molecule has 0 saturated heterocycles. The summed E-state index contributed by atoms with van der Waals surface area (Å²) >= 11 is 0. The summed E-state index contributed by atoms with van der Waals surface area (Å²) in [4.78, 5) is 91.1. The Balaban J connectivity index is 1.38. The lowest BCUT2D eigenvalue weighted by atomic mass is 9.61. The molecule has 0 aromatic rings. The van der Waals surface area contributed by atoms with Gasteiger partial charge < -0.3 is 54.7 Å². The van der Waals surface area contributed by atoms with E-state index in [1.165, 1.54) is 12.2 Å². The highest BCUT2D eigenvalue weighted by atomic mass is 16.6. The Morgan fingerprint density at radius 2 is 1.17 bits per heavy atom. The van der Waals surface area contributed by atoms with Crippen LogP contribution >= 0.6 is 0 Å². The minimum atomic E-state index is -2.66. The second kappa shape index (κ2) is 19.2. The summed E-state index contributed by atoms with van der Waals surface area (Å²) in [6.07, 6.45) is 4.44. The van der Waals surface area contributed by atoms with E-state index in [2.05, 4.69) is 0 Å². The van der Waals surface area contributed by atoms with Gasteiger partial charge in [-0.2, -0.15) is 0 Å². The van der Waals surface area contributed by atoms with Crippen LogP contribution in [0.4, 0.5) is 0 Å². The van der Waals surface area contributed by atoms with Crippen molar-refractivity contribution in [2.24, 2.45) is 71.0 Å². The molecule has 350 valence electrons. The largest absolute Gasteiger partial charge is 0.481 e. The minimum absolute atomic E-state index is 0.00860. The number of carbonyl (C=O) groups excluding carboxylic acids is 4. The summed E-state index contributed by atoms with van der Waals surface area (Å²) in [5.41, 5.74) is -7.35. The van der Waals surface area contributed by atoms with Crippen LogP contribution in [0.3, 0.4) is 0 Å². The number of rotatable bonds is 14. The van der Waals surface area contributed by atoms with E-state index in [0.717, 1.165) is 6.08 Å². The van der Waals surface area contributed by atoms with Crippen molar-refractivity contribution in [2.75, 3.05) is 33.0 Å². The Bertz CT molecular complexity index is 1910. The molecule has 0 spiro atoms. The van der Waals surface area contributed by atoms with Crippen LogP contribution in [-0.2, 0) is 52.5 Å². The SMILES string of the molecule is CC(C)C1CCC(O)(COC(=O)C2=CC3C(C(C)C)CCC(O)(COC(=O)/C(=C/C4C(C(C)C)CCC(O)(C(=O)O)C4C(=O)O)CO)C3C(=O)OC2)C2C(=O)OCC(C(=O)O)=CC12. The average molecular weight is 891 g/mol. The van der Waals surface area contributed by atoms with Crippen LogP contribution in [0.25, 0.3) is 0 Å². The first-order valence-electron chi connectivity index (χ1n) is 21.7. The number of hydrogen-bond donors (Lipinski definition) is 7. The second-order valence-corrected chi connectivity index (χ2v) is 19.2. The molecule has 18 nitrogen and oxygen atoms in total. The number of allylic oxidation sites excluding steroid dienone is 3. The predicted octanol–water partition coefficient (Wildman–Crippen LogP) is 2.30. The van der Waals surface area contributed by atoms with Crippen molar-refractivity contribution in [3.05, 3.63) is 34.9 Å². The number of carboxylic acid groups (broad SMARTS) is 3. The molecule has 0 amide bonds.